The molecule has 1 aromatic heterocycles. The second-order valence-electron chi connectivity index (χ2n) is 4.22. The minimum absolute atomic E-state index is 0.0265. The van der Waals surface area contributed by atoms with E-state index in [4.69, 9.17) is 4.52 Å². The van der Waals surface area contributed by atoms with Crippen LogP contribution in [-0.4, -0.2) is 23.5 Å². The number of anilines is 1. The Labute approximate surface area is 98.7 Å². The van der Waals surface area contributed by atoms with Crippen LogP contribution >= 0.6 is 0 Å². The predicted octanol–water partition coefficient (Wildman–Crippen LogP) is 0.838. The first-order valence-electron chi connectivity index (χ1n) is 5.66. The Morgan fingerprint density at radius 3 is 2.82 bits per heavy atom. The highest BCUT2D eigenvalue weighted by molar-refractivity contribution is 5.94. The van der Waals surface area contributed by atoms with Gasteiger partial charge in [0.15, 0.2) is 5.82 Å². The molecule has 1 fully saturated rings. The molecular weight excluding hydrogens is 222 g/mol. The zero-order valence-corrected chi connectivity index (χ0v) is 9.66. The largest absolute Gasteiger partial charge is 0.360 e. The zero-order chi connectivity index (χ0) is 12.3. The van der Waals surface area contributed by atoms with Crippen LogP contribution in [0.5, 0.6) is 0 Å². The first-order chi connectivity index (χ1) is 8.15. The third-order valence-corrected chi connectivity index (χ3v) is 2.79. The molecule has 0 bridgehead atoms. The Morgan fingerprint density at radius 1 is 1.53 bits per heavy atom. The Kier molecular flexibility index (Phi) is 3.41. The van der Waals surface area contributed by atoms with E-state index in [0.29, 0.717) is 11.6 Å². The maximum Gasteiger partial charge on any atom is 0.245 e. The predicted molar refractivity (Wildman–Crippen MR) is 60.2 cm³/mol. The van der Waals surface area contributed by atoms with Crippen molar-refractivity contribution < 1.29 is 14.1 Å². The molecule has 0 radical (unpaired) electrons. The third-order valence-electron chi connectivity index (χ3n) is 2.79. The van der Waals surface area contributed by atoms with Gasteiger partial charge in [0.1, 0.15) is 5.76 Å². The molecule has 92 valence electrons. The summed E-state index contributed by atoms with van der Waals surface area (Å²) < 4.78 is 4.80. The summed E-state index contributed by atoms with van der Waals surface area (Å²) in [4.78, 5) is 22.9. The average Bonchev–Trinajstić information content (AvgIpc) is 2.58. The number of carbonyl (C=O) groups excluding carboxylic acids is 2. The fraction of sp³-hybridized carbons (Fsp3) is 0.545. The number of nitrogens with zero attached hydrogens (tertiary/aromatic N) is 1. The van der Waals surface area contributed by atoms with Crippen molar-refractivity contribution in [2.24, 2.45) is 5.92 Å². The van der Waals surface area contributed by atoms with Crippen molar-refractivity contribution in [1.29, 1.82) is 0 Å². The van der Waals surface area contributed by atoms with Gasteiger partial charge < -0.3 is 15.2 Å². The lowest BCUT2D eigenvalue weighted by Gasteiger charge is -2.23. The SMILES string of the molecule is Cc1cc(NC(=O)CNC(=O)C2CCC2)no1. The fourth-order valence-corrected chi connectivity index (χ4v) is 1.59. The lowest BCUT2D eigenvalue weighted by atomic mass is 9.85. The molecule has 1 aliphatic carbocycles. The lowest BCUT2D eigenvalue weighted by molar-refractivity contribution is -0.129. The number of nitrogens with one attached hydrogen (secondary N) is 2. The maximum absolute atomic E-state index is 11.5. The number of amides is 2. The van der Waals surface area contributed by atoms with Crippen molar-refractivity contribution in [2.75, 3.05) is 11.9 Å². The molecule has 0 spiro atoms. The van der Waals surface area contributed by atoms with Gasteiger partial charge in [-0.1, -0.05) is 11.6 Å². The van der Waals surface area contributed by atoms with Crippen LogP contribution in [0.3, 0.4) is 0 Å². The minimum Gasteiger partial charge on any atom is -0.360 e. The molecule has 17 heavy (non-hydrogen) atoms. The number of aromatic nitrogens is 1. The van der Waals surface area contributed by atoms with Crippen LogP contribution in [0.25, 0.3) is 0 Å². The molecule has 1 aromatic rings. The molecule has 0 unspecified atom stereocenters. The molecule has 6 heteroatoms. The molecule has 6 nitrogen and oxygen atoms in total. The molecular formula is C11H15N3O3. The van der Waals surface area contributed by atoms with Crippen LogP contribution in [0.1, 0.15) is 25.0 Å². The number of aryl methyl sites for hydroxylation is 1. The standard InChI is InChI=1S/C11H15N3O3/c1-7-5-9(14-17-7)13-10(15)6-12-11(16)8-3-2-4-8/h5,8H,2-4,6H2,1H3,(H,12,16)(H,13,14,15). The van der Waals surface area contributed by atoms with E-state index in [1.165, 1.54) is 0 Å². The average molecular weight is 237 g/mol. The van der Waals surface area contributed by atoms with Crippen LogP contribution in [0, 0.1) is 12.8 Å². The fourth-order valence-electron chi connectivity index (χ4n) is 1.59. The van der Waals surface area contributed by atoms with Crippen molar-refractivity contribution >= 4 is 17.6 Å². The molecule has 2 N–H and O–H groups in total. The minimum atomic E-state index is -0.300. The van der Waals surface area contributed by atoms with E-state index in [2.05, 4.69) is 15.8 Å². The lowest BCUT2D eigenvalue weighted by Crippen LogP contribution is -2.39. The van der Waals surface area contributed by atoms with Crippen molar-refractivity contribution in [3.63, 3.8) is 0 Å². The summed E-state index contributed by atoms with van der Waals surface area (Å²) in [5.41, 5.74) is 0. The van der Waals surface area contributed by atoms with Gasteiger partial charge in [0.25, 0.3) is 0 Å². The van der Waals surface area contributed by atoms with E-state index < -0.39 is 0 Å². The Morgan fingerprint density at radius 2 is 2.29 bits per heavy atom. The highest BCUT2D eigenvalue weighted by atomic mass is 16.5. The molecule has 2 rings (SSSR count). The van der Waals surface area contributed by atoms with Crippen molar-refractivity contribution in [3.8, 4) is 0 Å². The monoisotopic (exact) mass is 237 g/mol. The van der Waals surface area contributed by atoms with Gasteiger partial charge in [-0.2, -0.15) is 0 Å². The van der Waals surface area contributed by atoms with Gasteiger partial charge >= 0.3 is 0 Å². The van der Waals surface area contributed by atoms with Gasteiger partial charge in [-0.15, -0.1) is 0 Å². The second kappa shape index (κ2) is 4.99. The molecule has 0 atom stereocenters. The first kappa shape index (κ1) is 11.6. The quantitative estimate of drug-likeness (QED) is 0.812. The van der Waals surface area contributed by atoms with E-state index in [1.54, 1.807) is 13.0 Å². The number of rotatable bonds is 4. The smallest absolute Gasteiger partial charge is 0.245 e. The summed E-state index contributed by atoms with van der Waals surface area (Å²) in [6.07, 6.45) is 2.95. The molecule has 0 aromatic carbocycles. The third kappa shape index (κ3) is 3.05. The molecule has 1 saturated carbocycles. The van der Waals surface area contributed by atoms with E-state index in [0.717, 1.165) is 19.3 Å². The highest BCUT2D eigenvalue weighted by Crippen LogP contribution is 2.25. The van der Waals surface area contributed by atoms with Crippen LogP contribution in [0.2, 0.25) is 0 Å². The number of hydrogen-bond acceptors (Lipinski definition) is 4. The second-order valence-corrected chi connectivity index (χ2v) is 4.22. The summed E-state index contributed by atoms with van der Waals surface area (Å²) in [5.74, 6) is 0.745. The maximum atomic E-state index is 11.5. The van der Waals surface area contributed by atoms with Crippen molar-refractivity contribution in [1.82, 2.24) is 10.5 Å². The van der Waals surface area contributed by atoms with Gasteiger partial charge in [-0.3, -0.25) is 9.59 Å². The Bertz CT molecular complexity index is 423. The van der Waals surface area contributed by atoms with Crippen LogP contribution in [-0.2, 0) is 9.59 Å². The molecule has 1 heterocycles. The van der Waals surface area contributed by atoms with Gasteiger partial charge in [0, 0.05) is 12.0 Å². The summed E-state index contributed by atoms with van der Waals surface area (Å²) in [7, 11) is 0. The van der Waals surface area contributed by atoms with Crippen molar-refractivity contribution in [3.05, 3.63) is 11.8 Å². The summed E-state index contributed by atoms with van der Waals surface area (Å²) in [5, 5.41) is 8.76. The van der Waals surface area contributed by atoms with E-state index >= 15 is 0 Å². The highest BCUT2D eigenvalue weighted by Gasteiger charge is 2.25. The summed E-state index contributed by atoms with van der Waals surface area (Å²) in [6, 6.07) is 1.62. The Balaban J connectivity index is 1.72. The van der Waals surface area contributed by atoms with Crippen LogP contribution < -0.4 is 10.6 Å². The van der Waals surface area contributed by atoms with E-state index in [1.807, 2.05) is 0 Å². The van der Waals surface area contributed by atoms with Gasteiger partial charge in [0.05, 0.1) is 6.54 Å². The van der Waals surface area contributed by atoms with Crippen LogP contribution in [0.15, 0.2) is 10.6 Å². The summed E-state index contributed by atoms with van der Waals surface area (Å²) >= 11 is 0. The summed E-state index contributed by atoms with van der Waals surface area (Å²) in [6.45, 7) is 1.71. The van der Waals surface area contributed by atoms with Gasteiger partial charge in [-0.05, 0) is 19.8 Å². The topological polar surface area (TPSA) is 84.2 Å². The van der Waals surface area contributed by atoms with Gasteiger partial charge in [-0.25, -0.2) is 0 Å². The van der Waals surface area contributed by atoms with Gasteiger partial charge in [0.2, 0.25) is 11.8 Å². The first-order valence-corrected chi connectivity index (χ1v) is 5.66. The number of hydrogen-bond donors (Lipinski definition) is 2. The Hall–Kier alpha value is -1.85. The molecule has 0 aliphatic heterocycles. The zero-order valence-electron chi connectivity index (χ0n) is 9.66. The van der Waals surface area contributed by atoms with Crippen LogP contribution in [0.4, 0.5) is 5.82 Å². The van der Waals surface area contributed by atoms with E-state index in [-0.39, 0.29) is 24.3 Å². The number of carbonyl (C=O) groups is 2. The normalized spacial score (nSPS) is 15.1. The van der Waals surface area contributed by atoms with E-state index in [9.17, 15) is 9.59 Å². The molecule has 0 saturated heterocycles. The van der Waals surface area contributed by atoms with Crippen molar-refractivity contribution in [2.45, 2.75) is 26.2 Å². The molecule has 2 amide bonds. The molecule has 1 aliphatic rings.